The number of hydrogen-bond donors (Lipinski definition) is 0. The highest BCUT2D eigenvalue weighted by Crippen LogP contribution is 2.29. The molecule has 0 N–H and O–H groups in total. The van der Waals surface area contributed by atoms with Gasteiger partial charge in [-0.1, -0.05) is 17.7 Å². The van der Waals surface area contributed by atoms with E-state index in [0.717, 1.165) is 25.1 Å². The lowest BCUT2D eigenvalue weighted by atomic mass is 9.99. The Morgan fingerprint density at radius 1 is 1.30 bits per heavy atom. The van der Waals surface area contributed by atoms with Crippen LogP contribution in [0.5, 0.6) is 0 Å². The Balaban J connectivity index is 2.00. The number of carbonyl (C=O) groups excluding carboxylic acids is 1. The first kappa shape index (κ1) is 12.9. The lowest BCUT2D eigenvalue weighted by Gasteiger charge is -2.29. The number of benzene rings is 1. The number of aryl methyl sites for hydroxylation is 4. The molecule has 1 aromatic heterocycles. The molecule has 0 aliphatic carbocycles. The summed E-state index contributed by atoms with van der Waals surface area (Å²) in [5, 5.41) is 0. The van der Waals surface area contributed by atoms with E-state index >= 15 is 0 Å². The molecule has 2 heterocycles. The van der Waals surface area contributed by atoms with Crippen LogP contribution in [0.3, 0.4) is 0 Å². The van der Waals surface area contributed by atoms with Gasteiger partial charge in [0.2, 0.25) is 5.76 Å². The molecule has 0 radical (unpaired) electrons. The van der Waals surface area contributed by atoms with E-state index in [9.17, 15) is 4.79 Å². The minimum absolute atomic E-state index is 0.0899. The van der Waals surface area contributed by atoms with Crippen molar-refractivity contribution in [1.82, 2.24) is 4.98 Å². The molecule has 0 saturated carbocycles. The number of oxazole rings is 1. The van der Waals surface area contributed by atoms with E-state index in [4.69, 9.17) is 4.42 Å². The molecule has 0 fully saturated rings. The van der Waals surface area contributed by atoms with Gasteiger partial charge >= 0.3 is 0 Å². The Kier molecular flexibility index (Phi) is 3.08. The van der Waals surface area contributed by atoms with Gasteiger partial charge in [-0.2, -0.15) is 0 Å². The second-order valence-electron chi connectivity index (χ2n) is 5.34. The van der Waals surface area contributed by atoms with Gasteiger partial charge < -0.3 is 9.32 Å². The number of amides is 1. The number of nitrogens with zero attached hydrogens (tertiary/aromatic N) is 2. The second kappa shape index (κ2) is 4.78. The molecule has 0 unspecified atom stereocenters. The predicted octanol–water partition coefficient (Wildman–Crippen LogP) is 3.19. The highest BCUT2D eigenvalue weighted by atomic mass is 16.4. The topological polar surface area (TPSA) is 46.3 Å². The van der Waals surface area contributed by atoms with Crippen LogP contribution in [0.1, 0.15) is 39.7 Å². The molecule has 0 atom stereocenters. The summed E-state index contributed by atoms with van der Waals surface area (Å²) in [7, 11) is 0. The van der Waals surface area contributed by atoms with E-state index in [-0.39, 0.29) is 5.91 Å². The summed E-state index contributed by atoms with van der Waals surface area (Å²) in [4.78, 5) is 18.7. The molecule has 0 bridgehead atoms. The van der Waals surface area contributed by atoms with Crippen LogP contribution in [-0.4, -0.2) is 17.4 Å². The summed E-state index contributed by atoms with van der Waals surface area (Å²) in [6, 6.07) is 6.23. The molecular formula is C16H18N2O2. The summed E-state index contributed by atoms with van der Waals surface area (Å²) in [5.41, 5.74) is 4.12. The smallest absolute Gasteiger partial charge is 0.295 e. The molecule has 1 aliphatic heterocycles. The Bertz CT molecular complexity index is 673. The van der Waals surface area contributed by atoms with E-state index < -0.39 is 0 Å². The van der Waals surface area contributed by atoms with E-state index in [0.29, 0.717) is 17.3 Å². The van der Waals surface area contributed by atoms with Gasteiger partial charge in [0.1, 0.15) is 0 Å². The lowest BCUT2D eigenvalue weighted by Crippen LogP contribution is -2.35. The van der Waals surface area contributed by atoms with Crippen molar-refractivity contribution in [3.63, 3.8) is 0 Å². The van der Waals surface area contributed by atoms with E-state index in [1.807, 2.05) is 24.0 Å². The van der Waals surface area contributed by atoms with Crippen LogP contribution < -0.4 is 4.90 Å². The van der Waals surface area contributed by atoms with Crippen LogP contribution in [0.25, 0.3) is 0 Å². The third kappa shape index (κ3) is 2.11. The molecule has 104 valence electrons. The Morgan fingerprint density at radius 3 is 2.80 bits per heavy atom. The lowest BCUT2D eigenvalue weighted by molar-refractivity contribution is 0.0956. The van der Waals surface area contributed by atoms with Crippen molar-refractivity contribution in [1.29, 1.82) is 0 Å². The first-order valence-electron chi connectivity index (χ1n) is 6.91. The zero-order chi connectivity index (χ0) is 14.3. The average Bonchev–Trinajstić information content (AvgIpc) is 2.76. The zero-order valence-electron chi connectivity index (χ0n) is 12.1. The summed E-state index contributed by atoms with van der Waals surface area (Å²) >= 11 is 0. The first-order chi connectivity index (χ1) is 9.56. The maximum atomic E-state index is 12.7. The molecule has 0 saturated heterocycles. The first-order valence-corrected chi connectivity index (χ1v) is 6.91. The van der Waals surface area contributed by atoms with Gasteiger partial charge in [0, 0.05) is 19.2 Å². The number of anilines is 1. The maximum Gasteiger partial charge on any atom is 0.295 e. The monoisotopic (exact) mass is 270 g/mol. The van der Waals surface area contributed by atoms with Crippen LogP contribution in [0.15, 0.2) is 22.6 Å². The number of rotatable bonds is 1. The minimum atomic E-state index is -0.0899. The zero-order valence-corrected chi connectivity index (χ0v) is 12.1. The standard InChI is InChI=1S/C16H18N2O2/c1-10-6-7-14-13(9-10)5-4-8-18(14)16(19)15-11(2)17-12(3)20-15/h6-7,9H,4-5,8H2,1-3H3. The van der Waals surface area contributed by atoms with Gasteiger partial charge in [-0.05, 0) is 38.3 Å². The largest absolute Gasteiger partial charge is 0.436 e. The van der Waals surface area contributed by atoms with Crippen molar-refractivity contribution >= 4 is 11.6 Å². The van der Waals surface area contributed by atoms with Crippen LogP contribution in [-0.2, 0) is 6.42 Å². The van der Waals surface area contributed by atoms with Crippen molar-refractivity contribution in [2.24, 2.45) is 0 Å². The molecule has 0 spiro atoms. The van der Waals surface area contributed by atoms with Crippen LogP contribution in [0, 0.1) is 20.8 Å². The quantitative estimate of drug-likeness (QED) is 0.799. The van der Waals surface area contributed by atoms with E-state index in [1.54, 1.807) is 6.92 Å². The number of hydrogen-bond acceptors (Lipinski definition) is 3. The number of aromatic nitrogens is 1. The Hall–Kier alpha value is -2.10. The Morgan fingerprint density at radius 2 is 2.10 bits per heavy atom. The van der Waals surface area contributed by atoms with Crippen LogP contribution >= 0.6 is 0 Å². The van der Waals surface area contributed by atoms with Gasteiger partial charge in [0.15, 0.2) is 5.89 Å². The van der Waals surface area contributed by atoms with Gasteiger partial charge in [-0.25, -0.2) is 4.98 Å². The maximum absolute atomic E-state index is 12.7. The normalized spacial score (nSPS) is 14.2. The molecule has 4 nitrogen and oxygen atoms in total. The van der Waals surface area contributed by atoms with E-state index in [1.165, 1.54) is 11.1 Å². The molecule has 2 aromatic rings. The summed E-state index contributed by atoms with van der Waals surface area (Å²) in [6.07, 6.45) is 2.00. The molecule has 3 rings (SSSR count). The van der Waals surface area contributed by atoms with Crippen molar-refractivity contribution < 1.29 is 9.21 Å². The van der Waals surface area contributed by atoms with Gasteiger partial charge in [0.05, 0.1) is 5.69 Å². The third-order valence-corrected chi connectivity index (χ3v) is 3.70. The molecule has 20 heavy (non-hydrogen) atoms. The van der Waals surface area contributed by atoms with Gasteiger partial charge in [0.25, 0.3) is 5.91 Å². The molecule has 1 aromatic carbocycles. The average molecular weight is 270 g/mol. The fourth-order valence-electron chi connectivity index (χ4n) is 2.79. The summed E-state index contributed by atoms with van der Waals surface area (Å²) in [6.45, 7) is 6.38. The molecule has 4 heteroatoms. The van der Waals surface area contributed by atoms with Crippen molar-refractivity contribution in [3.8, 4) is 0 Å². The van der Waals surface area contributed by atoms with Gasteiger partial charge in [-0.3, -0.25) is 4.79 Å². The fraction of sp³-hybridized carbons (Fsp3) is 0.375. The molecule has 1 amide bonds. The number of fused-ring (bicyclic) bond motifs is 1. The van der Waals surface area contributed by atoms with Crippen molar-refractivity contribution in [2.45, 2.75) is 33.6 Å². The van der Waals surface area contributed by atoms with Crippen LogP contribution in [0.2, 0.25) is 0 Å². The van der Waals surface area contributed by atoms with Crippen molar-refractivity contribution in [3.05, 3.63) is 46.7 Å². The fourth-order valence-corrected chi connectivity index (χ4v) is 2.79. The van der Waals surface area contributed by atoms with E-state index in [2.05, 4.69) is 18.0 Å². The van der Waals surface area contributed by atoms with Crippen LogP contribution in [0.4, 0.5) is 5.69 Å². The minimum Gasteiger partial charge on any atom is -0.436 e. The summed E-state index contributed by atoms with van der Waals surface area (Å²) < 4.78 is 5.47. The summed E-state index contributed by atoms with van der Waals surface area (Å²) in [5.74, 6) is 0.802. The second-order valence-corrected chi connectivity index (χ2v) is 5.34. The SMILES string of the molecule is Cc1ccc2c(c1)CCCN2C(=O)c1oc(C)nc1C. The highest BCUT2D eigenvalue weighted by Gasteiger charge is 2.27. The van der Waals surface area contributed by atoms with Gasteiger partial charge in [-0.15, -0.1) is 0 Å². The Labute approximate surface area is 118 Å². The highest BCUT2D eigenvalue weighted by molar-refractivity contribution is 6.05. The molecule has 1 aliphatic rings. The number of carbonyl (C=O) groups is 1. The predicted molar refractivity (Wildman–Crippen MR) is 77.2 cm³/mol. The van der Waals surface area contributed by atoms with Crippen molar-refractivity contribution in [2.75, 3.05) is 11.4 Å². The molecular weight excluding hydrogens is 252 g/mol. The third-order valence-electron chi connectivity index (χ3n) is 3.70.